The molecule has 68 heavy (non-hydrogen) atoms. The number of hydrogen-bond donors (Lipinski definition) is 1. The first kappa shape index (κ1) is 55.2. The Bertz CT molecular complexity index is 2110. The van der Waals surface area contributed by atoms with Gasteiger partial charge >= 0.3 is 41.8 Å². The van der Waals surface area contributed by atoms with Crippen LogP contribution in [0.15, 0.2) is 36.4 Å². The number of thioether (sulfide) groups is 1. The summed E-state index contributed by atoms with van der Waals surface area (Å²) >= 11 is 1.16. The number of rotatable bonds is 16. The molecule has 2 heterocycles. The fourth-order valence-corrected chi connectivity index (χ4v) is 9.24. The van der Waals surface area contributed by atoms with E-state index in [-0.39, 0.29) is 5.75 Å². The van der Waals surface area contributed by atoms with Crippen LogP contribution in [0.25, 0.3) is 0 Å². The number of esters is 7. The van der Waals surface area contributed by atoms with Crippen molar-refractivity contribution in [2.75, 3.05) is 20.3 Å². The Balaban J connectivity index is 1.98. The summed E-state index contributed by atoms with van der Waals surface area (Å²) < 4.78 is 64.5. The van der Waals surface area contributed by atoms with E-state index in [1.165, 1.54) is 7.11 Å². The Morgan fingerprint density at radius 3 is 1.40 bits per heavy atom. The molecule has 2 fully saturated rings. The van der Waals surface area contributed by atoms with Crippen LogP contribution >= 0.6 is 11.8 Å². The van der Waals surface area contributed by atoms with E-state index in [9.17, 15) is 38.7 Å². The molecule has 376 valence electrons. The first-order valence-electron chi connectivity index (χ1n) is 21.9. The molecule has 0 aromatic heterocycles. The second-order valence-corrected chi connectivity index (χ2v) is 19.6. The van der Waals surface area contributed by atoms with E-state index in [1.807, 2.05) is 65.8 Å². The summed E-state index contributed by atoms with van der Waals surface area (Å²) in [6, 6.07) is 11.0. The van der Waals surface area contributed by atoms with Crippen molar-refractivity contribution >= 4 is 53.5 Å². The number of carbonyl (C=O) groups is 7. The summed E-state index contributed by atoms with van der Waals surface area (Å²) in [4.78, 5) is 88.6. The third-order valence-corrected chi connectivity index (χ3v) is 12.1. The van der Waals surface area contributed by atoms with Gasteiger partial charge in [-0.25, -0.2) is 0 Å². The van der Waals surface area contributed by atoms with Gasteiger partial charge in [-0.15, -0.1) is 11.8 Å². The molecule has 2 saturated heterocycles. The van der Waals surface area contributed by atoms with E-state index in [1.54, 1.807) is 12.1 Å². The molecule has 2 aliphatic heterocycles. The quantitative estimate of drug-likeness (QED) is 0.163. The van der Waals surface area contributed by atoms with Crippen molar-refractivity contribution < 1.29 is 90.8 Å². The van der Waals surface area contributed by atoms with E-state index in [2.05, 4.69) is 0 Å². The van der Waals surface area contributed by atoms with Crippen LogP contribution in [0.4, 0.5) is 0 Å². The van der Waals surface area contributed by atoms with E-state index < -0.39 is 132 Å². The molecule has 11 atom stereocenters. The molecular formula is C48H64O19S. The van der Waals surface area contributed by atoms with Crippen molar-refractivity contribution in [3.05, 3.63) is 58.7 Å². The maximum atomic E-state index is 13.2. The average Bonchev–Trinajstić information content (AvgIpc) is 3.21. The summed E-state index contributed by atoms with van der Waals surface area (Å²) in [5.74, 6) is -5.16. The molecule has 0 aliphatic carbocycles. The third-order valence-electron chi connectivity index (χ3n) is 10.6. The normalized spacial score (nSPS) is 25.4. The first-order valence-corrected chi connectivity index (χ1v) is 22.8. The lowest BCUT2D eigenvalue weighted by molar-refractivity contribution is -0.341. The van der Waals surface area contributed by atoms with Crippen LogP contribution in [0.2, 0.25) is 0 Å². The summed E-state index contributed by atoms with van der Waals surface area (Å²) in [6.07, 6.45) is -14.3. The van der Waals surface area contributed by atoms with Crippen molar-refractivity contribution in [2.45, 2.75) is 167 Å². The number of benzene rings is 2. The van der Waals surface area contributed by atoms with Gasteiger partial charge in [-0.3, -0.25) is 33.6 Å². The van der Waals surface area contributed by atoms with Crippen molar-refractivity contribution in [3.63, 3.8) is 0 Å². The summed E-state index contributed by atoms with van der Waals surface area (Å²) in [7, 11) is 1.53. The molecule has 1 N–H and O–H groups in total. The summed E-state index contributed by atoms with van der Waals surface area (Å²) in [5, 5.41) is 11.1. The molecule has 0 bridgehead atoms. The first-order chi connectivity index (χ1) is 31.6. The molecule has 2 aromatic carbocycles. The minimum atomic E-state index is -1.83. The number of carbonyl (C=O) groups excluding carboxylic acids is 7. The predicted octanol–water partition coefficient (Wildman–Crippen LogP) is 5.44. The zero-order valence-corrected chi connectivity index (χ0v) is 41.7. The molecule has 0 radical (unpaired) electrons. The van der Waals surface area contributed by atoms with Gasteiger partial charge in [0.15, 0.2) is 36.8 Å². The Morgan fingerprint density at radius 1 is 0.559 bits per heavy atom. The van der Waals surface area contributed by atoms with Crippen LogP contribution in [-0.2, 0) is 91.8 Å². The molecule has 6 unspecified atom stereocenters. The van der Waals surface area contributed by atoms with Crippen LogP contribution in [0.5, 0.6) is 11.5 Å². The van der Waals surface area contributed by atoms with Gasteiger partial charge in [0.25, 0.3) is 0 Å². The second kappa shape index (κ2) is 23.2. The number of ether oxygens (including phenoxy) is 11. The van der Waals surface area contributed by atoms with Crippen molar-refractivity contribution in [1.29, 1.82) is 0 Å². The highest BCUT2D eigenvalue weighted by molar-refractivity contribution is 8.00. The standard InChI is InChI=1S/C48H64O19S/c1-23(49)58-21-35-38(60-25(3)51)40(61-26(4)52)42(63-28(6)54)45(65-35)67-39-36(22-59-24(2)50)66-46(43(64-29(7)55)41(39)62-27(5)53)68-44(30-15-17-32(57-14)18-16-30)31-19-33(47(8,9)10)37(56)34(20-31)48(11,12)13/h15-20,35-36,38-46,56H,21-22H2,1-14H3/t35?,36?,38-,39-,40?,41?,42?,43?,44-,45+,46+/m1/s1. The van der Waals surface area contributed by atoms with Gasteiger partial charge in [0.2, 0.25) is 0 Å². The van der Waals surface area contributed by atoms with Gasteiger partial charge in [-0.1, -0.05) is 65.8 Å². The van der Waals surface area contributed by atoms with Crippen LogP contribution < -0.4 is 4.74 Å². The number of phenolic OH excluding ortho intramolecular Hbond substituents is 1. The highest BCUT2D eigenvalue weighted by Gasteiger charge is 2.58. The Kier molecular flexibility index (Phi) is 18.9. The van der Waals surface area contributed by atoms with E-state index in [4.69, 9.17) is 52.1 Å². The largest absolute Gasteiger partial charge is 0.507 e. The zero-order chi connectivity index (χ0) is 51.0. The topological polar surface area (TPSA) is 241 Å². The monoisotopic (exact) mass is 976 g/mol. The molecule has 2 aromatic rings. The van der Waals surface area contributed by atoms with E-state index in [0.717, 1.165) is 71.4 Å². The third kappa shape index (κ3) is 14.8. The maximum Gasteiger partial charge on any atom is 0.303 e. The Labute approximate surface area is 400 Å². The van der Waals surface area contributed by atoms with Crippen LogP contribution in [0.1, 0.15) is 118 Å². The Morgan fingerprint density at radius 2 is 0.971 bits per heavy atom. The minimum Gasteiger partial charge on any atom is -0.507 e. The fourth-order valence-electron chi connectivity index (χ4n) is 7.80. The SMILES string of the molecule is COc1ccc([C@@H](S[C@@H]2OC(COC(C)=O)[C@@H](O[C@@H]3OC(COC(C)=O)[C@@H](OC(C)=O)C(OC(C)=O)C3OC(C)=O)C(OC(C)=O)C2OC(C)=O)c2cc(C(C)(C)C)c(O)c(C(C)(C)C)c2)cc1. The summed E-state index contributed by atoms with van der Waals surface area (Å²) in [6.45, 7) is 18.4. The lowest BCUT2D eigenvalue weighted by Crippen LogP contribution is -2.66. The lowest BCUT2D eigenvalue weighted by Gasteiger charge is -2.49. The van der Waals surface area contributed by atoms with Gasteiger partial charge < -0.3 is 57.2 Å². The average molecular weight is 977 g/mol. The van der Waals surface area contributed by atoms with Gasteiger partial charge in [0, 0.05) is 48.5 Å². The number of aromatic hydroxyl groups is 1. The summed E-state index contributed by atoms with van der Waals surface area (Å²) in [5.41, 5.74) is 0.430. The fraction of sp³-hybridized carbons (Fsp3) is 0.604. The number of hydrogen-bond acceptors (Lipinski definition) is 20. The molecule has 19 nitrogen and oxygen atoms in total. The van der Waals surface area contributed by atoms with Crippen LogP contribution in [-0.4, -0.2) is 128 Å². The number of methoxy groups -OCH3 is 1. The van der Waals surface area contributed by atoms with Crippen LogP contribution in [0.3, 0.4) is 0 Å². The zero-order valence-electron chi connectivity index (χ0n) is 40.9. The van der Waals surface area contributed by atoms with Gasteiger partial charge in [-0.05, 0) is 45.2 Å². The van der Waals surface area contributed by atoms with Crippen molar-refractivity contribution in [2.24, 2.45) is 0 Å². The van der Waals surface area contributed by atoms with Crippen molar-refractivity contribution in [1.82, 2.24) is 0 Å². The highest BCUT2D eigenvalue weighted by atomic mass is 32.2. The van der Waals surface area contributed by atoms with E-state index >= 15 is 0 Å². The predicted molar refractivity (Wildman–Crippen MR) is 241 cm³/mol. The van der Waals surface area contributed by atoms with Gasteiger partial charge in [0.05, 0.1) is 12.4 Å². The molecule has 0 spiro atoms. The molecule has 0 amide bonds. The highest BCUT2D eigenvalue weighted by Crippen LogP contribution is 2.49. The Hall–Kier alpha value is -5.44. The van der Waals surface area contributed by atoms with Gasteiger partial charge in [-0.2, -0.15) is 0 Å². The molecule has 20 heteroatoms. The molecule has 0 saturated carbocycles. The molecule has 4 rings (SSSR count). The van der Waals surface area contributed by atoms with Crippen molar-refractivity contribution in [3.8, 4) is 11.5 Å². The molecular weight excluding hydrogens is 913 g/mol. The minimum absolute atomic E-state index is 0.137. The van der Waals surface area contributed by atoms with Crippen LogP contribution in [0, 0.1) is 0 Å². The van der Waals surface area contributed by atoms with E-state index in [0.29, 0.717) is 16.9 Å². The smallest absolute Gasteiger partial charge is 0.303 e. The maximum absolute atomic E-state index is 13.2. The number of phenols is 1. The lowest BCUT2D eigenvalue weighted by atomic mass is 9.78. The van der Waals surface area contributed by atoms with Gasteiger partial charge in [0.1, 0.15) is 48.5 Å². The molecule has 2 aliphatic rings. The second-order valence-electron chi connectivity index (χ2n) is 18.4.